The Bertz CT molecular complexity index is 761. The Morgan fingerprint density at radius 1 is 0.605 bits per heavy atom. The van der Waals surface area contributed by atoms with E-state index in [1.165, 1.54) is 70.6 Å². The van der Waals surface area contributed by atoms with Crippen molar-refractivity contribution < 1.29 is 37.9 Å². The fraction of sp³-hybridized carbons (Fsp3) is 0.824. The number of rotatable bonds is 31. The monoisotopic (exact) mass is 630 g/mol. The molecule has 0 saturated carbocycles. The molecule has 1 atom stereocenters. The highest BCUT2D eigenvalue weighted by Crippen LogP contribution is 2.35. The summed E-state index contributed by atoms with van der Waals surface area (Å²) in [5.74, 6) is -0.902. The van der Waals surface area contributed by atoms with Crippen LogP contribution in [0.25, 0.3) is 0 Å². The average molecular weight is 631 g/mol. The quantitative estimate of drug-likeness (QED) is 0.0336. The van der Waals surface area contributed by atoms with Gasteiger partial charge in [0.05, 0.1) is 6.61 Å². The molecule has 0 aromatic heterocycles. The highest BCUT2D eigenvalue weighted by Gasteiger charge is 2.22. The second-order valence-corrected chi connectivity index (χ2v) is 12.7. The van der Waals surface area contributed by atoms with Gasteiger partial charge in [-0.2, -0.15) is 0 Å². The van der Waals surface area contributed by atoms with E-state index < -0.39 is 32.5 Å². The van der Waals surface area contributed by atoms with Gasteiger partial charge in [0.2, 0.25) is 0 Å². The van der Waals surface area contributed by atoms with Crippen LogP contribution in [-0.2, 0) is 28.2 Å². The molecular formula is C34H63O8P. The third-order valence-corrected chi connectivity index (χ3v) is 7.71. The molecule has 0 bridgehead atoms. The molecule has 0 heterocycles. The number of hydrogen-bond acceptors (Lipinski definition) is 6. The summed E-state index contributed by atoms with van der Waals surface area (Å²) in [4.78, 5) is 42.5. The topological polar surface area (TPSA) is 119 Å². The highest BCUT2D eigenvalue weighted by atomic mass is 31.2. The summed E-state index contributed by atoms with van der Waals surface area (Å²) < 4.78 is 26.2. The summed E-state index contributed by atoms with van der Waals surface area (Å²) in [5.41, 5.74) is 0. The third kappa shape index (κ3) is 33.3. The summed E-state index contributed by atoms with van der Waals surface area (Å²) in [5, 5.41) is 0. The predicted molar refractivity (Wildman–Crippen MR) is 175 cm³/mol. The van der Waals surface area contributed by atoms with E-state index in [1.807, 2.05) is 0 Å². The van der Waals surface area contributed by atoms with Crippen LogP contribution in [0.3, 0.4) is 0 Å². The molecule has 0 aliphatic heterocycles. The van der Waals surface area contributed by atoms with Crippen molar-refractivity contribution in [2.45, 2.75) is 168 Å². The third-order valence-electron chi connectivity index (χ3n) is 7.22. The van der Waals surface area contributed by atoms with Crippen molar-refractivity contribution in [3.63, 3.8) is 0 Å². The van der Waals surface area contributed by atoms with Crippen LogP contribution < -0.4 is 0 Å². The Kier molecular flexibility index (Phi) is 29.5. The molecule has 0 rings (SSSR count). The van der Waals surface area contributed by atoms with Gasteiger partial charge in [0, 0.05) is 12.8 Å². The molecule has 0 spiro atoms. The minimum absolute atomic E-state index is 0.198. The van der Waals surface area contributed by atoms with Crippen molar-refractivity contribution in [2.24, 2.45) is 0 Å². The molecular weight excluding hydrogens is 567 g/mol. The maximum atomic E-state index is 12.3. The van der Waals surface area contributed by atoms with Gasteiger partial charge in [-0.15, -0.1) is 0 Å². The molecule has 8 nitrogen and oxygen atoms in total. The number of ether oxygens (including phenoxy) is 2. The molecule has 0 aromatic carbocycles. The highest BCUT2D eigenvalue weighted by molar-refractivity contribution is 7.46. The lowest BCUT2D eigenvalue weighted by atomic mass is 10.1. The molecule has 0 aliphatic carbocycles. The second kappa shape index (κ2) is 30.6. The number of esters is 2. The first-order chi connectivity index (χ1) is 20.8. The van der Waals surface area contributed by atoms with E-state index in [-0.39, 0.29) is 19.4 Å². The molecule has 0 aliphatic rings. The van der Waals surface area contributed by atoms with Gasteiger partial charge in [0.15, 0.2) is 6.10 Å². The van der Waals surface area contributed by atoms with Crippen LogP contribution in [0.5, 0.6) is 0 Å². The van der Waals surface area contributed by atoms with Gasteiger partial charge in [0.1, 0.15) is 6.61 Å². The second-order valence-electron chi connectivity index (χ2n) is 11.5. The van der Waals surface area contributed by atoms with Crippen LogP contribution in [0, 0.1) is 0 Å². The summed E-state index contributed by atoms with van der Waals surface area (Å²) in [6.45, 7) is 3.61. The van der Waals surface area contributed by atoms with Crippen LogP contribution in [0.2, 0.25) is 0 Å². The van der Waals surface area contributed by atoms with E-state index in [9.17, 15) is 14.2 Å². The van der Waals surface area contributed by atoms with Gasteiger partial charge in [-0.1, -0.05) is 128 Å². The van der Waals surface area contributed by atoms with Crippen LogP contribution in [0.1, 0.15) is 162 Å². The first-order valence-electron chi connectivity index (χ1n) is 17.1. The maximum Gasteiger partial charge on any atom is 0.469 e. The largest absolute Gasteiger partial charge is 0.469 e. The van der Waals surface area contributed by atoms with E-state index in [0.717, 1.165) is 57.8 Å². The smallest absolute Gasteiger partial charge is 0.462 e. The number of hydrogen-bond donors (Lipinski definition) is 2. The first kappa shape index (κ1) is 41.5. The Morgan fingerprint density at radius 3 is 1.58 bits per heavy atom. The van der Waals surface area contributed by atoms with Gasteiger partial charge in [0.25, 0.3) is 0 Å². The first-order valence-corrected chi connectivity index (χ1v) is 18.7. The van der Waals surface area contributed by atoms with Crippen molar-refractivity contribution in [3.05, 3.63) is 24.3 Å². The minimum atomic E-state index is -4.74. The van der Waals surface area contributed by atoms with Crippen LogP contribution in [0.15, 0.2) is 24.3 Å². The summed E-state index contributed by atoms with van der Waals surface area (Å²) in [7, 11) is -4.74. The fourth-order valence-electron chi connectivity index (χ4n) is 4.64. The normalized spacial score (nSPS) is 12.7. The van der Waals surface area contributed by atoms with Crippen LogP contribution >= 0.6 is 7.82 Å². The Balaban J connectivity index is 4.03. The molecule has 0 unspecified atom stereocenters. The maximum absolute atomic E-state index is 12.3. The number of phosphoric ester groups is 1. The summed E-state index contributed by atoms with van der Waals surface area (Å²) in [6, 6.07) is 0. The number of carbonyl (C=O) groups excluding carboxylic acids is 2. The minimum Gasteiger partial charge on any atom is -0.462 e. The van der Waals surface area contributed by atoms with Gasteiger partial charge < -0.3 is 19.3 Å². The van der Waals surface area contributed by atoms with E-state index in [2.05, 4.69) is 42.7 Å². The summed E-state index contributed by atoms with van der Waals surface area (Å²) in [6.07, 6.45) is 31.8. The van der Waals surface area contributed by atoms with Gasteiger partial charge in [-0.3, -0.25) is 14.1 Å². The van der Waals surface area contributed by atoms with Gasteiger partial charge in [-0.25, -0.2) is 4.57 Å². The van der Waals surface area contributed by atoms with E-state index >= 15 is 0 Å². The molecule has 2 N–H and O–H groups in total. The van der Waals surface area contributed by atoms with E-state index in [4.69, 9.17) is 19.3 Å². The summed E-state index contributed by atoms with van der Waals surface area (Å²) >= 11 is 0. The van der Waals surface area contributed by atoms with Crippen molar-refractivity contribution in [1.82, 2.24) is 0 Å². The molecule has 0 saturated heterocycles. The molecule has 0 fully saturated rings. The van der Waals surface area contributed by atoms with E-state index in [1.54, 1.807) is 0 Å². The number of carbonyl (C=O) groups is 2. The zero-order valence-corrected chi connectivity index (χ0v) is 28.2. The Hall–Kier alpha value is -1.47. The number of unbranched alkanes of at least 4 members (excludes halogenated alkanes) is 17. The van der Waals surface area contributed by atoms with Crippen molar-refractivity contribution in [3.8, 4) is 0 Å². The van der Waals surface area contributed by atoms with Crippen LogP contribution in [0.4, 0.5) is 0 Å². The van der Waals surface area contributed by atoms with Crippen molar-refractivity contribution in [2.75, 3.05) is 13.2 Å². The fourth-order valence-corrected chi connectivity index (χ4v) is 5.00. The zero-order chi connectivity index (χ0) is 31.9. The zero-order valence-electron chi connectivity index (χ0n) is 27.4. The van der Waals surface area contributed by atoms with Gasteiger partial charge >= 0.3 is 19.8 Å². The SMILES string of the molecule is CCCCC/C=C/C/C=C/CCCCCCCC(=O)O[C@H](COC(=O)CCCCCCCCCCCC)COP(=O)(O)O. The lowest BCUT2D eigenvalue weighted by Gasteiger charge is -2.18. The molecule has 43 heavy (non-hydrogen) atoms. The van der Waals surface area contributed by atoms with Crippen LogP contribution in [-0.4, -0.2) is 41.0 Å². The average Bonchev–Trinajstić information content (AvgIpc) is 2.97. The Morgan fingerprint density at radius 2 is 1.05 bits per heavy atom. The molecule has 0 radical (unpaired) electrons. The lowest BCUT2D eigenvalue weighted by molar-refractivity contribution is -0.161. The molecule has 9 heteroatoms. The molecule has 252 valence electrons. The standard InChI is InChI=1S/C34H63O8P/c1-3-5-7-9-11-13-15-16-17-18-19-21-23-25-27-29-34(36)42-32(31-41-43(37,38)39)30-40-33(35)28-26-24-22-20-14-12-10-8-6-4-2/h11,13,16-17,32H,3-10,12,14-15,18-31H2,1-2H3,(H2,37,38,39)/b13-11+,17-16+/t32-/m1/s1. The lowest BCUT2D eigenvalue weighted by Crippen LogP contribution is -2.29. The number of allylic oxidation sites excluding steroid dienone is 4. The molecule has 0 aromatic rings. The Labute approximate surface area is 262 Å². The van der Waals surface area contributed by atoms with E-state index in [0.29, 0.717) is 6.42 Å². The molecule has 0 amide bonds. The number of phosphoric acid groups is 1. The van der Waals surface area contributed by atoms with Gasteiger partial charge in [-0.05, 0) is 44.9 Å². The van der Waals surface area contributed by atoms with Crippen molar-refractivity contribution in [1.29, 1.82) is 0 Å². The van der Waals surface area contributed by atoms with Crippen molar-refractivity contribution >= 4 is 19.8 Å². The predicted octanol–water partition coefficient (Wildman–Crippen LogP) is 9.68.